The topological polar surface area (TPSA) is 81.8 Å². The fourth-order valence-corrected chi connectivity index (χ4v) is 2.31. The Kier molecular flexibility index (Phi) is 6.02. The van der Waals surface area contributed by atoms with Gasteiger partial charge in [-0.1, -0.05) is 19.4 Å². The van der Waals surface area contributed by atoms with E-state index in [2.05, 4.69) is 22.4 Å². The number of nitrogens with two attached hydrogens (primary N) is 1. The SMILES string of the molecule is CCCCOc1c(C=NNc2nc(N)cs2)cccc1OC. The molecule has 0 aliphatic rings. The summed E-state index contributed by atoms with van der Waals surface area (Å²) >= 11 is 1.40. The molecule has 6 nitrogen and oxygen atoms in total. The van der Waals surface area contributed by atoms with Crippen molar-refractivity contribution in [2.24, 2.45) is 5.10 Å². The van der Waals surface area contributed by atoms with E-state index in [4.69, 9.17) is 15.2 Å². The molecule has 0 radical (unpaired) electrons. The molecule has 2 aromatic rings. The minimum absolute atomic E-state index is 0.479. The number of hydrazone groups is 1. The predicted molar refractivity (Wildman–Crippen MR) is 91.1 cm³/mol. The fraction of sp³-hybridized carbons (Fsp3) is 0.333. The molecule has 3 N–H and O–H groups in total. The van der Waals surface area contributed by atoms with E-state index >= 15 is 0 Å². The summed E-state index contributed by atoms with van der Waals surface area (Å²) in [7, 11) is 1.62. The number of aromatic nitrogens is 1. The molecule has 0 bridgehead atoms. The van der Waals surface area contributed by atoms with Gasteiger partial charge < -0.3 is 15.2 Å². The van der Waals surface area contributed by atoms with Gasteiger partial charge in [0.1, 0.15) is 5.82 Å². The number of methoxy groups -OCH3 is 1. The van der Waals surface area contributed by atoms with Crippen LogP contribution in [0.15, 0.2) is 28.7 Å². The van der Waals surface area contributed by atoms with E-state index in [1.807, 2.05) is 18.2 Å². The van der Waals surface area contributed by atoms with Crippen LogP contribution in [0.5, 0.6) is 11.5 Å². The highest BCUT2D eigenvalue weighted by Gasteiger charge is 2.09. The van der Waals surface area contributed by atoms with Gasteiger partial charge in [0.2, 0.25) is 5.13 Å². The van der Waals surface area contributed by atoms with Gasteiger partial charge in [-0.05, 0) is 18.6 Å². The lowest BCUT2D eigenvalue weighted by Gasteiger charge is -2.12. The average Bonchev–Trinajstić information content (AvgIpc) is 2.94. The highest BCUT2D eigenvalue weighted by molar-refractivity contribution is 7.14. The Morgan fingerprint density at radius 2 is 2.32 bits per heavy atom. The molecular formula is C15H20N4O2S. The third-order valence-electron chi connectivity index (χ3n) is 2.86. The Labute approximate surface area is 134 Å². The standard InChI is InChI=1S/C15H20N4O2S/c1-3-4-8-21-14-11(6-5-7-12(14)20-2)9-17-19-15-18-13(16)10-22-15/h5-7,9-10H,3-4,8,16H2,1-2H3,(H,18,19). The van der Waals surface area contributed by atoms with Crippen molar-refractivity contribution < 1.29 is 9.47 Å². The number of para-hydroxylation sites is 1. The smallest absolute Gasteiger partial charge is 0.205 e. The molecule has 0 spiro atoms. The summed E-state index contributed by atoms with van der Waals surface area (Å²) in [5, 5.41) is 6.57. The lowest BCUT2D eigenvalue weighted by Crippen LogP contribution is -2.02. The number of hydrogen-bond acceptors (Lipinski definition) is 7. The molecule has 2 rings (SSSR count). The van der Waals surface area contributed by atoms with Crippen molar-refractivity contribution in [3.63, 3.8) is 0 Å². The van der Waals surface area contributed by atoms with Gasteiger partial charge in [0.15, 0.2) is 11.5 Å². The average molecular weight is 320 g/mol. The molecule has 0 aliphatic carbocycles. The van der Waals surface area contributed by atoms with Gasteiger partial charge in [-0.2, -0.15) is 5.10 Å². The highest BCUT2D eigenvalue weighted by Crippen LogP contribution is 2.30. The maximum atomic E-state index is 5.83. The Balaban J connectivity index is 2.10. The summed E-state index contributed by atoms with van der Waals surface area (Å²) in [6, 6.07) is 5.69. The second-order valence-corrected chi connectivity index (χ2v) is 5.39. The zero-order valence-corrected chi connectivity index (χ0v) is 13.5. The van der Waals surface area contributed by atoms with Crippen molar-refractivity contribution in [1.29, 1.82) is 0 Å². The van der Waals surface area contributed by atoms with Gasteiger partial charge in [-0.25, -0.2) is 4.98 Å². The second-order valence-electron chi connectivity index (χ2n) is 4.53. The molecule has 118 valence electrons. The number of ether oxygens (including phenoxy) is 2. The van der Waals surface area contributed by atoms with Gasteiger partial charge in [0.05, 0.1) is 19.9 Å². The number of hydrogen-bond donors (Lipinski definition) is 2. The molecule has 7 heteroatoms. The number of nitrogens with zero attached hydrogens (tertiary/aromatic N) is 2. The number of thiazole rings is 1. The van der Waals surface area contributed by atoms with Crippen molar-refractivity contribution in [3.05, 3.63) is 29.1 Å². The molecule has 0 amide bonds. The molecule has 0 unspecified atom stereocenters. The van der Waals surface area contributed by atoms with Gasteiger partial charge in [0, 0.05) is 10.9 Å². The number of nitrogens with one attached hydrogen (secondary N) is 1. The normalized spacial score (nSPS) is 10.8. The zero-order chi connectivity index (χ0) is 15.8. The quantitative estimate of drug-likeness (QED) is 0.443. The molecule has 1 aromatic heterocycles. The van der Waals surface area contributed by atoms with Crippen molar-refractivity contribution in [2.75, 3.05) is 24.9 Å². The minimum atomic E-state index is 0.479. The molecule has 0 saturated carbocycles. The molecular weight excluding hydrogens is 300 g/mol. The lowest BCUT2D eigenvalue weighted by molar-refractivity contribution is 0.288. The molecule has 1 heterocycles. The van der Waals surface area contributed by atoms with Crippen LogP contribution in [0.4, 0.5) is 10.9 Å². The molecule has 22 heavy (non-hydrogen) atoms. The Morgan fingerprint density at radius 3 is 3.00 bits per heavy atom. The van der Waals surface area contributed by atoms with Crippen LogP contribution in [0.1, 0.15) is 25.3 Å². The van der Waals surface area contributed by atoms with E-state index in [9.17, 15) is 0 Å². The fourth-order valence-electron chi connectivity index (χ4n) is 1.76. The summed E-state index contributed by atoms with van der Waals surface area (Å²) in [4.78, 5) is 4.07. The van der Waals surface area contributed by atoms with E-state index in [0.717, 1.165) is 18.4 Å². The number of unbranched alkanes of at least 4 members (excludes halogenated alkanes) is 1. The van der Waals surface area contributed by atoms with Crippen LogP contribution in [0.3, 0.4) is 0 Å². The van der Waals surface area contributed by atoms with E-state index in [0.29, 0.717) is 29.1 Å². The van der Waals surface area contributed by atoms with E-state index in [-0.39, 0.29) is 0 Å². The van der Waals surface area contributed by atoms with Crippen LogP contribution in [-0.2, 0) is 0 Å². The first-order chi connectivity index (χ1) is 10.7. The number of rotatable bonds is 8. The summed E-state index contributed by atoms with van der Waals surface area (Å²) < 4.78 is 11.2. The first-order valence-electron chi connectivity index (χ1n) is 7.04. The van der Waals surface area contributed by atoms with Crippen LogP contribution in [0.2, 0.25) is 0 Å². The van der Waals surface area contributed by atoms with Crippen molar-refractivity contribution in [3.8, 4) is 11.5 Å². The molecule has 0 aliphatic heterocycles. The third kappa shape index (κ3) is 4.36. The minimum Gasteiger partial charge on any atom is -0.493 e. The molecule has 0 atom stereocenters. The third-order valence-corrected chi connectivity index (χ3v) is 3.62. The first kappa shape index (κ1) is 16.1. The van der Waals surface area contributed by atoms with E-state index < -0.39 is 0 Å². The van der Waals surface area contributed by atoms with Gasteiger partial charge in [-0.15, -0.1) is 11.3 Å². The Morgan fingerprint density at radius 1 is 1.45 bits per heavy atom. The summed E-state index contributed by atoms with van der Waals surface area (Å²) in [5.41, 5.74) is 9.25. The summed E-state index contributed by atoms with van der Waals surface area (Å²) in [6.45, 7) is 2.77. The zero-order valence-electron chi connectivity index (χ0n) is 12.7. The maximum absolute atomic E-state index is 5.83. The van der Waals surface area contributed by atoms with Crippen LogP contribution >= 0.6 is 11.3 Å². The number of benzene rings is 1. The van der Waals surface area contributed by atoms with Crippen LogP contribution in [-0.4, -0.2) is 24.9 Å². The molecule has 0 saturated heterocycles. The highest BCUT2D eigenvalue weighted by atomic mass is 32.1. The van der Waals surface area contributed by atoms with Gasteiger partial charge in [-0.3, -0.25) is 5.43 Å². The second kappa shape index (κ2) is 8.23. The maximum Gasteiger partial charge on any atom is 0.205 e. The lowest BCUT2D eigenvalue weighted by atomic mass is 10.2. The molecule has 1 aromatic carbocycles. The van der Waals surface area contributed by atoms with Crippen molar-refractivity contribution in [1.82, 2.24) is 4.98 Å². The van der Waals surface area contributed by atoms with Crippen LogP contribution in [0, 0.1) is 0 Å². The van der Waals surface area contributed by atoms with Crippen molar-refractivity contribution >= 4 is 28.5 Å². The Hall–Kier alpha value is -2.28. The van der Waals surface area contributed by atoms with Gasteiger partial charge in [0.25, 0.3) is 0 Å². The number of nitrogen functional groups attached to an aromatic ring is 1. The Bertz CT molecular complexity index is 628. The van der Waals surface area contributed by atoms with E-state index in [1.54, 1.807) is 18.7 Å². The first-order valence-corrected chi connectivity index (χ1v) is 7.92. The molecule has 0 fully saturated rings. The number of anilines is 2. The van der Waals surface area contributed by atoms with Crippen LogP contribution in [0.25, 0.3) is 0 Å². The largest absolute Gasteiger partial charge is 0.493 e. The van der Waals surface area contributed by atoms with Crippen LogP contribution < -0.4 is 20.6 Å². The van der Waals surface area contributed by atoms with Gasteiger partial charge >= 0.3 is 0 Å². The monoisotopic (exact) mass is 320 g/mol. The predicted octanol–water partition coefficient (Wildman–Crippen LogP) is 3.36. The summed E-state index contributed by atoms with van der Waals surface area (Å²) in [6.07, 6.45) is 3.75. The summed E-state index contributed by atoms with van der Waals surface area (Å²) in [5.74, 6) is 1.87. The van der Waals surface area contributed by atoms with E-state index in [1.165, 1.54) is 11.3 Å². The van der Waals surface area contributed by atoms with Crippen molar-refractivity contribution in [2.45, 2.75) is 19.8 Å².